The van der Waals surface area contributed by atoms with Crippen LogP contribution < -0.4 is 5.73 Å². The largest absolute Gasteiger partial charge is 0.330 e. The first-order valence-electron chi connectivity index (χ1n) is 4.77. The highest BCUT2D eigenvalue weighted by atomic mass is 35.5. The molecule has 2 unspecified atom stereocenters. The minimum absolute atomic E-state index is 0.153. The third-order valence-electron chi connectivity index (χ3n) is 2.81. The molecule has 0 aliphatic heterocycles. The molecule has 1 aromatic carbocycles. The topological polar surface area (TPSA) is 69.2 Å². The lowest BCUT2D eigenvalue weighted by Crippen LogP contribution is -2.03. The van der Waals surface area contributed by atoms with Crippen LogP contribution in [0.15, 0.2) is 18.2 Å². The van der Waals surface area contributed by atoms with Gasteiger partial charge in [-0.05, 0) is 36.9 Å². The maximum Gasteiger partial charge on any atom is 0.272 e. The molecule has 0 bridgehead atoms. The molecule has 0 spiro atoms. The van der Waals surface area contributed by atoms with Gasteiger partial charge in [-0.25, -0.2) is 0 Å². The molecule has 5 heteroatoms. The van der Waals surface area contributed by atoms with E-state index in [-0.39, 0.29) is 16.5 Å². The molecule has 15 heavy (non-hydrogen) atoms. The van der Waals surface area contributed by atoms with Crippen molar-refractivity contribution in [1.29, 1.82) is 0 Å². The number of rotatable bonds is 3. The summed E-state index contributed by atoms with van der Waals surface area (Å²) < 4.78 is 0. The van der Waals surface area contributed by atoms with Gasteiger partial charge >= 0.3 is 0 Å². The highest BCUT2D eigenvalue weighted by Gasteiger charge is 2.40. The first-order valence-corrected chi connectivity index (χ1v) is 5.15. The molecule has 1 fully saturated rings. The minimum atomic E-state index is -0.364. The summed E-state index contributed by atoms with van der Waals surface area (Å²) in [5, 5.41) is 11.3. The zero-order chi connectivity index (χ0) is 11.0. The molecular weight excluding hydrogens is 216 g/mol. The Morgan fingerprint density at radius 3 is 2.87 bits per heavy atom. The molecule has 0 radical (unpaired) electrons. The summed E-state index contributed by atoms with van der Waals surface area (Å²) in [4.78, 5) is 10.4. The molecule has 1 aliphatic carbocycles. The van der Waals surface area contributed by atoms with Crippen LogP contribution in [0.5, 0.6) is 0 Å². The van der Waals surface area contributed by atoms with Gasteiger partial charge in [-0.2, -0.15) is 0 Å². The van der Waals surface area contributed by atoms with Crippen molar-refractivity contribution in [2.24, 2.45) is 11.7 Å². The van der Waals surface area contributed by atoms with Crippen molar-refractivity contribution in [3.05, 3.63) is 38.9 Å². The van der Waals surface area contributed by atoms with Crippen LogP contribution in [0.2, 0.25) is 5.02 Å². The average molecular weight is 227 g/mol. The predicted octanol–water partition coefficient (Wildman–Crippen LogP) is 2.31. The lowest BCUT2D eigenvalue weighted by Gasteiger charge is -2.02. The van der Waals surface area contributed by atoms with Gasteiger partial charge in [0.1, 0.15) is 0 Å². The highest BCUT2D eigenvalue weighted by molar-refractivity contribution is 6.30. The third kappa shape index (κ3) is 1.96. The van der Waals surface area contributed by atoms with Crippen molar-refractivity contribution in [2.45, 2.75) is 12.3 Å². The van der Waals surface area contributed by atoms with Crippen LogP contribution >= 0.6 is 11.6 Å². The van der Waals surface area contributed by atoms with Crippen molar-refractivity contribution >= 4 is 17.3 Å². The molecule has 0 amide bonds. The first kappa shape index (κ1) is 10.4. The Labute approximate surface area is 92.2 Å². The van der Waals surface area contributed by atoms with Crippen molar-refractivity contribution in [2.75, 3.05) is 6.54 Å². The van der Waals surface area contributed by atoms with Gasteiger partial charge < -0.3 is 5.73 Å². The monoisotopic (exact) mass is 226 g/mol. The Balaban J connectivity index is 2.36. The van der Waals surface area contributed by atoms with E-state index in [1.54, 1.807) is 12.1 Å². The second-order valence-electron chi connectivity index (χ2n) is 3.80. The Morgan fingerprint density at radius 1 is 1.60 bits per heavy atom. The van der Waals surface area contributed by atoms with E-state index in [0.29, 0.717) is 17.5 Å². The zero-order valence-corrected chi connectivity index (χ0v) is 8.78. The fraction of sp³-hybridized carbons (Fsp3) is 0.400. The van der Waals surface area contributed by atoms with Gasteiger partial charge in [-0.15, -0.1) is 0 Å². The maximum absolute atomic E-state index is 10.8. The van der Waals surface area contributed by atoms with Gasteiger partial charge in [0.05, 0.1) is 4.92 Å². The number of nitrogens with zero attached hydrogens (tertiary/aromatic N) is 1. The smallest absolute Gasteiger partial charge is 0.272 e. The molecule has 4 nitrogen and oxygen atoms in total. The number of nitro groups is 1. The van der Waals surface area contributed by atoms with Gasteiger partial charge in [0, 0.05) is 16.7 Å². The lowest BCUT2D eigenvalue weighted by molar-refractivity contribution is -0.385. The van der Waals surface area contributed by atoms with Gasteiger partial charge in [-0.1, -0.05) is 11.6 Å². The van der Waals surface area contributed by atoms with E-state index in [1.807, 2.05) is 0 Å². The Morgan fingerprint density at radius 2 is 2.33 bits per heavy atom. The molecule has 1 aliphatic rings. The van der Waals surface area contributed by atoms with E-state index in [4.69, 9.17) is 17.3 Å². The second-order valence-corrected chi connectivity index (χ2v) is 4.23. The number of halogens is 1. The van der Waals surface area contributed by atoms with Gasteiger partial charge in [0.25, 0.3) is 5.69 Å². The summed E-state index contributed by atoms with van der Waals surface area (Å²) in [6.07, 6.45) is 0.928. The summed E-state index contributed by atoms with van der Waals surface area (Å²) in [5.41, 5.74) is 6.40. The van der Waals surface area contributed by atoms with E-state index in [1.165, 1.54) is 6.07 Å². The SMILES string of the molecule is NCC1CC1c1cc(Cl)ccc1[N+](=O)[O-]. The third-order valence-corrected chi connectivity index (χ3v) is 3.05. The Kier molecular flexibility index (Phi) is 2.63. The van der Waals surface area contributed by atoms with E-state index in [9.17, 15) is 10.1 Å². The van der Waals surface area contributed by atoms with E-state index in [0.717, 1.165) is 12.0 Å². The van der Waals surface area contributed by atoms with Gasteiger partial charge in [0.15, 0.2) is 0 Å². The molecule has 0 heterocycles. The van der Waals surface area contributed by atoms with Crippen LogP contribution in [0.4, 0.5) is 5.69 Å². The Bertz CT molecular complexity index is 408. The number of nitro benzene ring substituents is 1. The number of hydrogen-bond donors (Lipinski definition) is 1. The number of nitrogens with two attached hydrogens (primary N) is 1. The molecule has 1 saturated carbocycles. The van der Waals surface area contributed by atoms with Crippen molar-refractivity contribution in [3.63, 3.8) is 0 Å². The van der Waals surface area contributed by atoms with E-state index in [2.05, 4.69) is 0 Å². The average Bonchev–Trinajstić information content (AvgIpc) is 2.95. The zero-order valence-electron chi connectivity index (χ0n) is 8.02. The van der Waals surface area contributed by atoms with Crippen LogP contribution in [0, 0.1) is 16.0 Å². The van der Waals surface area contributed by atoms with E-state index >= 15 is 0 Å². The molecule has 0 saturated heterocycles. The van der Waals surface area contributed by atoms with E-state index < -0.39 is 0 Å². The number of benzene rings is 1. The molecular formula is C10H11ClN2O2. The van der Waals surface area contributed by atoms with Gasteiger partial charge in [-0.3, -0.25) is 10.1 Å². The van der Waals surface area contributed by atoms with Crippen molar-refractivity contribution in [3.8, 4) is 0 Å². The molecule has 1 aromatic rings. The van der Waals surface area contributed by atoms with Crippen molar-refractivity contribution in [1.82, 2.24) is 0 Å². The fourth-order valence-corrected chi connectivity index (χ4v) is 2.06. The molecule has 2 rings (SSSR count). The lowest BCUT2D eigenvalue weighted by atomic mass is 10.1. The summed E-state index contributed by atoms with van der Waals surface area (Å²) >= 11 is 5.83. The molecule has 2 N–H and O–H groups in total. The second kappa shape index (κ2) is 3.79. The normalized spacial score (nSPS) is 23.9. The van der Waals surface area contributed by atoms with Crippen LogP contribution in [0.25, 0.3) is 0 Å². The Hall–Kier alpha value is -1.13. The highest BCUT2D eigenvalue weighted by Crippen LogP contribution is 2.50. The summed E-state index contributed by atoms with van der Waals surface area (Å²) in [5.74, 6) is 0.594. The van der Waals surface area contributed by atoms with Gasteiger partial charge in [0.2, 0.25) is 0 Å². The van der Waals surface area contributed by atoms with Crippen LogP contribution in [-0.4, -0.2) is 11.5 Å². The summed E-state index contributed by atoms with van der Waals surface area (Å²) in [6, 6.07) is 4.69. The van der Waals surface area contributed by atoms with Crippen molar-refractivity contribution < 1.29 is 4.92 Å². The standard InChI is InChI=1S/C10H11ClN2O2/c11-7-1-2-10(13(14)15)9(4-7)8-3-6(8)5-12/h1-2,4,6,8H,3,5,12H2. The molecule has 0 aromatic heterocycles. The van der Waals surface area contributed by atoms with Crippen LogP contribution in [-0.2, 0) is 0 Å². The quantitative estimate of drug-likeness (QED) is 0.635. The molecule has 2 atom stereocenters. The first-order chi connectivity index (χ1) is 7.13. The predicted molar refractivity (Wildman–Crippen MR) is 58.0 cm³/mol. The minimum Gasteiger partial charge on any atom is -0.330 e. The van der Waals surface area contributed by atoms with Crippen LogP contribution in [0.1, 0.15) is 17.9 Å². The number of hydrogen-bond acceptors (Lipinski definition) is 3. The molecule has 80 valence electrons. The van der Waals surface area contributed by atoms with Crippen LogP contribution in [0.3, 0.4) is 0 Å². The fourth-order valence-electron chi connectivity index (χ4n) is 1.88. The summed E-state index contributed by atoms with van der Waals surface area (Å²) in [7, 11) is 0. The summed E-state index contributed by atoms with van der Waals surface area (Å²) in [6.45, 7) is 0.578. The maximum atomic E-state index is 10.8.